The zero-order valence-electron chi connectivity index (χ0n) is 12.3. The van der Waals surface area contributed by atoms with Crippen LogP contribution in [0.3, 0.4) is 0 Å². The van der Waals surface area contributed by atoms with Gasteiger partial charge in [0.15, 0.2) is 0 Å². The maximum atomic E-state index is 10.9. The molecule has 1 rings (SSSR count). The van der Waals surface area contributed by atoms with Crippen LogP contribution in [0.25, 0.3) is 5.57 Å². The van der Waals surface area contributed by atoms with Crippen molar-refractivity contribution in [1.29, 1.82) is 0 Å². The van der Waals surface area contributed by atoms with Gasteiger partial charge in [-0.25, -0.2) is 9.59 Å². The second-order valence-electron chi connectivity index (χ2n) is 4.09. The molecule has 0 radical (unpaired) electrons. The predicted molar refractivity (Wildman–Crippen MR) is 75.6 cm³/mol. The quantitative estimate of drug-likeness (QED) is 0.777. The summed E-state index contributed by atoms with van der Waals surface area (Å²) in [7, 11) is 2.52. The van der Waals surface area contributed by atoms with Gasteiger partial charge in [0.2, 0.25) is 0 Å². The minimum atomic E-state index is -0.714. The van der Waals surface area contributed by atoms with Gasteiger partial charge in [0, 0.05) is 0 Å². The van der Waals surface area contributed by atoms with Crippen LogP contribution in [0.2, 0.25) is 0 Å². The summed E-state index contributed by atoms with van der Waals surface area (Å²) in [5, 5.41) is 0. The molecule has 1 aromatic carbocycles. The Bertz CT molecular complexity index is 503. The summed E-state index contributed by atoms with van der Waals surface area (Å²) in [5.41, 5.74) is 2.78. The molecule has 0 aliphatic heterocycles. The first-order valence-electron chi connectivity index (χ1n) is 6.24. The Morgan fingerprint density at radius 2 is 1.57 bits per heavy atom. The molecule has 114 valence electrons. The largest absolute Gasteiger partial charge is 0.508 e. The van der Waals surface area contributed by atoms with E-state index in [1.54, 1.807) is 6.08 Å². The fourth-order valence-electron chi connectivity index (χ4n) is 1.48. The van der Waals surface area contributed by atoms with Gasteiger partial charge in [-0.05, 0) is 29.7 Å². The molecule has 0 unspecified atom stereocenters. The molecule has 0 spiro atoms. The minimum Gasteiger partial charge on any atom is -0.438 e. The van der Waals surface area contributed by atoms with E-state index in [0.717, 1.165) is 16.7 Å². The van der Waals surface area contributed by atoms with E-state index >= 15 is 0 Å². The third-order valence-corrected chi connectivity index (χ3v) is 2.69. The van der Waals surface area contributed by atoms with Gasteiger partial charge in [-0.3, -0.25) is 0 Å². The number of ether oxygens (including phenoxy) is 4. The van der Waals surface area contributed by atoms with E-state index in [2.05, 4.69) is 9.47 Å². The molecule has 0 saturated heterocycles. The highest BCUT2D eigenvalue weighted by Gasteiger charge is 2.03. The molecule has 0 heterocycles. The van der Waals surface area contributed by atoms with Gasteiger partial charge in [-0.15, -0.1) is 0 Å². The summed E-state index contributed by atoms with van der Waals surface area (Å²) in [6.07, 6.45) is 0.348. The lowest BCUT2D eigenvalue weighted by Crippen LogP contribution is -2.04. The number of methoxy groups -OCH3 is 2. The molecule has 0 aliphatic rings. The smallest absolute Gasteiger partial charge is 0.438 e. The van der Waals surface area contributed by atoms with Crippen molar-refractivity contribution in [3.63, 3.8) is 0 Å². The van der Waals surface area contributed by atoms with Crippen molar-refractivity contribution in [3.05, 3.63) is 41.5 Å². The van der Waals surface area contributed by atoms with Crippen molar-refractivity contribution in [2.24, 2.45) is 0 Å². The maximum absolute atomic E-state index is 10.9. The second kappa shape index (κ2) is 8.63. The molecule has 0 N–H and O–H groups in total. The van der Waals surface area contributed by atoms with Gasteiger partial charge in [0.25, 0.3) is 0 Å². The number of carbonyl (C=O) groups is 2. The Kier molecular flexibility index (Phi) is 6.80. The van der Waals surface area contributed by atoms with Crippen molar-refractivity contribution in [2.75, 3.05) is 20.8 Å². The molecule has 0 bridgehead atoms. The third kappa shape index (κ3) is 5.99. The Labute approximate surface area is 123 Å². The first kappa shape index (κ1) is 16.6. The van der Waals surface area contributed by atoms with E-state index in [1.165, 1.54) is 14.2 Å². The SMILES string of the molecule is COC(=O)OC/C=C(\C)c1ccc(COC(=O)OC)cc1. The molecular formula is C15H18O6. The topological polar surface area (TPSA) is 71.1 Å². The van der Waals surface area contributed by atoms with Crippen molar-refractivity contribution in [2.45, 2.75) is 13.5 Å². The van der Waals surface area contributed by atoms with Crippen LogP contribution in [0.15, 0.2) is 30.3 Å². The molecule has 0 aromatic heterocycles. The van der Waals surface area contributed by atoms with Crippen molar-refractivity contribution in [3.8, 4) is 0 Å². The molecule has 0 atom stereocenters. The number of benzene rings is 1. The molecule has 6 heteroatoms. The third-order valence-electron chi connectivity index (χ3n) is 2.69. The monoisotopic (exact) mass is 294 g/mol. The highest BCUT2D eigenvalue weighted by molar-refractivity contribution is 5.65. The molecule has 0 amide bonds. The molecule has 1 aromatic rings. The molecule has 21 heavy (non-hydrogen) atoms. The average Bonchev–Trinajstić information content (AvgIpc) is 2.52. The van der Waals surface area contributed by atoms with Gasteiger partial charge < -0.3 is 18.9 Å². The average molecular weight is 294 g/mol. The summed E-state index contributed by atoms with van der Waals surface area (Å²) >= 11 is 0. The molecule has 0 saturated carbocycles. The van der Waals surface area contributed by atoms with Gasteiger partial charge in [0.05, 0.1) is 14.2 Å². The van der Waals surface area contributed by atoms with Crippen LogP contribution in [0.1, 0.15) is 18.1 Å². The highest BCUT2D eigenvalue weighted by Crippen LogP contribution is 2.15. The van der Waals surface area contributed by atoms with E-state index < -0.39 is 12.3 Å². The van der Waals surface area contributed by atoms with Crippen molar-refractivity contribution < 1.29 is 28.5 Å². The van der Waals surface area contributed by atoms with Gasteiger partial charge >= 0.3 is 12.3 Å². The summed E-state index contributed by atoms with van der Waals surface area (Å²) in [5.74, 6) is 0. The van der Waals surface area contributed by atoms with Gasteiger partial charge in [-0.1, -0.05) is 24.3 Å². The molecule has 0 aliphatic carbocycles. The van der Waals surface area contributed by atoms with Crippen LogP contribution in [0.4, 0.5) is 9.59 Å². The molecule has 6 nitrogen and oxygen atoms in total. The second-order valence-corrected chi connectivity index (χ2v) is 4.09. The Balaban J connectivity index is 2.54. The Hall–Kier alpha value is -2.50. The lowest BCUT2D eigenvalue weighted by atomic mass is 10.1. The first-order chi connectivity index (χ1) is 10.1. The zero-order chi connectivity index (χ0) is 15.7. The van der Waals surface area contributed by atoms with E-state index in [-0.39, 0.29) is 13.2 Å². The highest BCUT2D eigenvalue weighted by atomic mass is 16.7. The van der Waals surface area contributed by atoms with Gasteiger partial charge in [0.1, 0.15) is 13.2 Å². The summed E-state index contributed by atoms with van der Waals surface area (Å²) in [6.45, 7) is 2.20. The van der Waals surface area contributed by atoms with Crippen LogP contribution < -0.4 is 0 Å². The van der Waals surface area contributed by atoms with Crippen LogP contribution in [-0.4, -0.2) is 33.1 Å². The first-order valence-corrected chi connectivity index (χ1v) is 6.24. The van der Waals surface area contributed by atoms with Crippen LogP contribution in [-0.2, 0) is 25.6 Å². The summed E-state index contributed by atoms with van der Waals surface area (Å²) in [6, 6.07) is 7.47. The number of rotatable bonds is 5. The fraction of sp³-hybridized carbons (Fsp3) is 0.333. The number of hydrogen-bond acceptors (Lipinski definition) is 6. The number of allylic oxidation sites excluding steroid dienone is 1. The molecule has 0 fully saturated rings. The number of carbonyl (C=O) groups excluding carboxylic acids is 2. The van der Waals surface area contributed by atoms with E-state index in [0.29, 0.717) is 0 Å². The Morgan fingerprint density at radius 1 is 1.00 bits per heavy atom. The minimum absolute atomic E-state index is 0.145. The van der Waals surface area contributed by atoms with Crippen LogP contribution >= 0.6 is 0 Å². The lowest BCUT2D eigenvalue weighted by Gasteiger charge is -2.06. The van der Waals surface area contributed by atoms with Gasteiger partial charge in [-0.2, -0.15) is 0 Å². The van der Waals surface area contributed by atoms with Crippen LogP contribution in [0, 0.1) is 0 Å². The van der Waals surface area contributed by atoms with Crippen LogP contribution in [0.5, 0.6) is 0 Å². The Morgan fingerprint density at radius 3 is 2.14 bits per heavy atom. The summed E-state index contributed by atoms with van der Waals surface area (Å²) in [4.78, 5) is 21.7. The van der Waals surface area contributed by atoms with Crippen molar-refractivity contribution in [1.82, 2.24) is 0 Å². The predicted octanol–water partition coefficient (Wildman–Crippen LogP) is 3.16. The summed E-state index contributed by atoms with van der Waals surface area (Å²) < 4.78 is 18.4. The number of hydrogen-bond donors (Lipinski definition) is 0. The molecular weight excluding hydrogens is 276 g/mol. The van der Waals surface area contributed by atoms with Crippen molar-refractivity contribution >= 4 is 17.9 Å². The standard InChI is InChI=1S/C15H18O6/c1-11(8-9-20-14(16)18-2)13-6-4-12(5-7-13)10-21-15(17)19-3/h4-8H,9-10H2,1-3H3/b11-8+. The van der Waals surface area contributed by atoms with E-state index in [1.807, 2.05) is 31.2 Å². The normalized spacial score (nSPS) is 10.7. The zero-order valence-corrected chi connectivity index (χ0v) is 12.3. The van der Waals surface area contributed by atoms with E-state index in [4.69, 9.17) is 9.47 Å². The van der Waals surface area contributed by atoms with E-state index in [9.17, 15) is 9.59 Å². The fourth-order valence-corrected chi connectivity index (χ4v) is 1.48. The maximum Gasteiger partial charge on any atom is 0.508 e. The lowest BCUT2D eigenvalue weighted by molar-refractivity contribution is 0.0668.